The van der Waals surface area contributed by atoms with Gasteiger partial charge in [0, 0.05) is 6.07 Å². The molecule has 1 rings (SSSR count). The molecule has 6 nitrogen and oxygen atoms in total. The summed E-state index contributed by atoms with van der Waals surface area (Å²) in [5.41, 5.74) is 0.626. The first-order chi connectivity index (χ1) is 8.56. The summed E-state index contributed by atoms with van der Waals surface area (Å²) in [7, 11) is 0. The molecular weight excluding hydrogens is 236 g/mol. The number of hydrogen-bond donors (Lipinski definition) is 0. The average molecular weight is 250 g/mol. The third-order valence-corrected chi connectivity index (χ3v) is 2.27. The standard InChI is InChI=1S/C12H14N2O4/c1-9-4-3-5-11(14(15)16)12(9)18-7-6-17-10(2)8-13/h3-5,10H,6-7H2,1-2H3. The zero-order valence-corrected chi connectivity index (χ0v) is 10.3. The molecule has 0 spiro atoms. The third kappa shape index (κ3) is 3.71. The highest BCUT2D eigenvalue weighted by Crippen LogP contribution is 2.29. The first-order valence-corrected chi connectivity index (χ1v) is 5.44. The van der Waals surface area contributed by atoms with Crippen molar-refractivity contribution in [3.63, 3.8) is 0 Å². The molecule has 0 N–H and O–H groups in total. The molecule has 0 amide bonds. The summed E-state index contributed by atoms with van der Waals surface area (Å²) < 4.78 is 10.4. The van der Waals surface area contributed by atoms with Crippen LogP contribution in [0.25, 0.3) is 0 Å². The Morgan fingerprint density at radius 3 is 2.83 bits per heavy atom. The van der Waals surface area contributed by atoms with Crippen LogP contribution in [-0.2, 0) is 4.74 Å². The minimum atomic E-state index is -0.513. The minimum absolute atomic E-state index is 0.0664. The van der Waals surface area contributed by atoms with Gasteiger partial charge in [-0.15, -0.1) is 0 Å². The van der Waals surface area contributed by atoms with Gasteiger partial charge in [0.2, 0.25) is 0 Å². The summed E-state index contributed by atoms with van der Waals surface area (Å²) in [6, 6.07) is 6.65. The lowest BCUT2D eigenvalue weighted by atomic mass is 10.2. The minimum Gasteiger partial charge on any atom is -0.484 e. The van der Waals surface area contributed by atoms with Crippen molar-refractivity contribution in [1.29, 1.82) is 5.26 Å². The molecule has 0 heterocycles. The lowest BCUT2D eigenvalue weighted by Gasteiger charge is -2.10. The van der Waals surface area contributed by atoms with E-state index in [9.17, 15) is 10.1 Å². The Kier molecular flexibility index (Phi) is 5.08. The van der Waals surface area contributed by atoms with Crippen molar-refractivity contribution >= 4 is 5.69 Å². The molecule has 6 heteroatoms. The smallest absolute Gasteiger partial charge is 0.311 e. The number of hydrogen-bond acceptors (Lipinski definition) is 5. The highest BCUT2D eigenvalue weighted by molar-refractivity contribution is 5.51. The van der Waals surface area contributed by atoms with Crippen LogP contribution >= 0.6 is 0 Å². The Balaban J connectivity index is 2.62. The first kappa shape index (κ1) is 13.9. The van der Waals surface area contributed by atoms with Crippen molar-refractivity contribution in [2.24, 2.45) is 0 Å². The van der Waals surface area contributed by atoms with E-state index in [0.29, 0.717) is 5.56 Å². The molecule has 0 aliphatic heterocycles. The largest absolute Gasteiger partial charge is 0.484 e. The van der Waals surface area contributed by atoms with Gasteiger partial charge in [0.25, 0.3) is 0 Å². The molecule has 1 atom stereocenters. The fourth-order valence-corrected chi connectivity index (χ4v) is 1.37. The normalized spacial score (nSPS) is 11.6. The summed E-state index contributed by atoms with van der Waals surface area (Å²) in [5, 5.41) is 19.3. The quantitative estimate of drug-likeness (QED) is 0.439. The monoisotopic (exact) mass is 250 g/mol. The Morgan fingerprint density at radius 1 is 1.50 bits per heavy atom. The Bertz CT molecular complexity index is 468. The van der Waals surface area contributed by atoms with Crippen molar-refractivity contribution in [2.45, 2.75) is 20.0 Å². The third-order valence-electron chi connectivity index (χ3n) is 2.27. The fraction of sp³-hybridized carbons (Fsp3) is 0.417. The molecule has 0 aliphatic rings. The van der Waals surface area contributed by atoms with Crippen LogP contribution in [0, 0.1) is 28.4 Å². The molecule has 0 fully saturated rings. The van der Waals surface area contributed by atoms with Crippen LogP contribution in [0.1, 0.15) is 12.5 Å². The van der Waals surface area contributed by atoms with Crippen LogP contribution in [0.2, 0.25) is 0 Å². The van der Waals surface area contributed by atoms with Gasteiger partial charge in [0.15, 0.2) is 5.75 Å². The average Bonchev–Trinajstić information content (AvgIpc) is 2.35. The molecule has 0 saturated carbocycles. The molecule has 1 aromatic rings. The van der Waals surface area contributed by atoms with Crippen molar-refractivity contribution in [3.8, 4) is 11.8 Å². The second-order valence-corrected chi connectivity index (χ2v) is 3.67. The second-order valence-electron chi connectivity index (χ2n) is 3.67. The number of para-hydroxylation sites is 1. The molecule has 0 saturated heterocycles. The van der Waals surface area contributed by atoms with Gasteiger partial charge in [0.1, 0.15) is 12.7 Å². The summed E-state index contributed by atoms with van der Waals surface area (Å²) >= 11 is 0. The Labute approximate surface area is 105 Å². The molecule has 0 aromatic heterocycles. The summed E-state index contributed by atoms with van der Waals surface area (Å²) in [5.74, 6) is 0.246. The lowest BCUT2D eigenvalue weighted by Crippen LogP contribution is -2.13. The van der Waals surface area contributed by atoms with Gasteiger partial charge >= 0.3 is 5.69 Å². The number of nitriles is 1. The molecule has 0 aliphatic carbocycles. The van der Waals surface area contributed by atoms with E-state index in [4.69, 9.17) is 14.7 Å². The van der Waals surface area contributed by atoms with Gasteiger partial charge in [0.05, 0.1) is 17.6 Å². The van der Waals surface area contributed by atoms with Crippen molar-refractivity contribution in [1.82, 2.24) is 0 Å². The SMILES string of the molecule is Cc1cccc([N+](=O)[O-])c1OCCOC(C)C#N. The zero-order valence-electron chi connectivity index (χ0n) is 10.3. The summed E-state index contributed by atoms with van der Waals surface area (Å²) in [6.07, 6.45) is -0.513. The molecule has 1 aromatic carbocycles. The maximum absolute atomic E-state index is 10.8. The van der Waals surface area contributed by atoms with Crippen LogP contribution in [0.5, 0.6) is 5.75 Å². The molecule has 96 valence electrons. The van der Waals surface area contributed by atoms with E-state index >= 15 is 0 Å². The second kappa shape index (κ2) is 6.57. The summed E-state index contributed by atoms with van der Waals surface area (Å²) in [4.78, 5) is 10.3. The van der Waals surface area contributed by atoms with E-state index in [1.807, 2.05) is 6.07 Å². The van der Waals surface area contributed by atoms with Crippen LogP contribution in [0.3, 0.4) is 0 Å². The van der Waals surface area contributed by atoms with Crippen molar-refractivity contribution in [2.75, 3.05) is 13.2 Å². The Hall–Kier alpha value is -2.13. The first-order valence-electron chi connectivity index (χ1n) is 5.44. The van der Waals surface area contributed by atoms with Gasteiger partial charge < -0.3 is 9.47 Å². The maximum atomic E-state index is 10.8. The lowest BCUT2D eigenvalue weighted by molar-refractivity contribution is -0.385. The zero-order chi connectivity index (χ0) is 13.5. The number of rotatable bonds is 6. The number of ether oxygens (including phenoxy) is 2. The van der Waals surface area contributed by atoms with Gasteiger partial charge in [-0.3, -0.25) is 10.1 Å². The van der Waals surface area contributed by atoms with Crippen molar-refractivity contribution < 1.29 is 14.4 Å². The van der Waals surface area contributed by atoms with Gasteiger partial charge in [-0.05, 0) is 19.4 Å². The number of nitro groups is 1. The van der Waals surface area contributed by atoms with E-state index < -0.39 is 11.0 Å². The molecule has 0 radical (unpaired) electrons. The summed E-state index contributed by atoms with van der Waals surface area (Å²) in [6.45, 7) is 3.73. The highest BCUT2D eigenvalue weighted by Gasteiger charge is 2.16. The topological polar surface area (TPSA) is 85.4 Å². The van der Waals surface area contributed by atoms with Gasteiger partial charge in [-0.1, -0.05) is 12.1 Å². The molecule has 18 heavy (non-hydrogen) atoms. The predicted molar refractivity (Wildman–Crippen MR) is 64.4 cm³/mol. The molecule has 0 bridgehead atoms. The van der Waals surface area contributed by atoms with Crippen LogP contribution in [-0.4, -0.2) is 24.2 Å². The van der Waals surface area contributed by atoms with Crippen molar-refractivity contribution in [3.05, 3.63) is 33.9 Å². The molecule has 1 unspecified atom stereocenters. The number of nitro benzene ring substituents is 1. The molecular formula is C12H14N2O4. The van der Waals surface area contributed by atoms with E-state index in [0.717, 1.165) is 0 Å². The highest BCUT2D eigenvalue weighted by atomic mass is 16.6. The number of nitrogens with zero attached hydrogens (tertiary/aromatic N) is 2. The van der Waals surface area contributed by atoms with Gasteiger partial charge in [-0.25, -0.2) is 0 Å². The van der Waals surface area contributed by atoms with Crippen LogP contribution in [0.15, 0.2) is 18.2 Å². The van der Waals surface area contributed by atoms with Crippen LogP contribution < -0.4 is 4.74 Å². The fourth-order valence-electron chi connectivity index (χ4n) is 1.37. The van der Waals surface area contributed by atoms with Crippen LogP contribution in [0.4, 0.5) is 5.69 Å². The predicted octanol–water partition coefficient (Wildman–Crippen LogP) is 2.21. The maximum Gasteiger partial charge on any atom is 0.311 e. The number of aryl methyl sites for hydroxylation is 1. The van der Waals surface area contributed by atoms with E-state index in [1.54, 1.807) is 26.0 Å². The number of benzene rings is 1. The Morgan fingerprint density at radius 2 is 2.22 bits per heavy atom. The van der Waals surface area contributed by atoms with Gasteiger partial charge in [-0.2, -0.15) is 5.26 Å². The van der Waals surface area contributed by atoms with E-state index in [1.165, 1.54) is 6.07 Å². The van der Waals surface area contributed by atoms with E-state index in [2.05, 4.69) is 0 Å². The van der Waals surface area contributed by atoms with E-state index in [-0.39, 0.29) is 24.7 Å².